The van der Waals surface area contributed by atoms with Crippen molar-refractivity contribution >= 4 is 131 Å². The van der Waals surface area contributed by atoms with E-state index in [0.29, 0.717) is 9.47 Å². The first kappa shape index (κ1) is 27.5. The first-order chi connectivity index (χ1) is 11.5. The summed E-state index contributed by atoms with van der Waals surface area (Å²) < 4.78 is 16.9. The number of nitrogens with zero attached hydrogens (tertiary/aromatic N) is 1. The van der Waals surface area contributed by atoms with Crippen molar-refractivity contribution in [1.29, 1.82) is 0 Å². The number of carbonyl (C=O) groups is 4. The van der Waals surface area contributed by atoms with Gasteiger partial charge in [0.1, 0.15) is 21.8 Å². The molecule has 1 rings (SSSR count). The van der Waals surface area contributed by atoms with Gasteiger partial charge in [0.2, 0.25) is 6.39 Å². The molecular weight excluding hydrogens is 957 g/mol. The summed E-state index contributed by atoms with van der Waals surface area (Å²) in [6.07, 6.45) is -1.45. The van der Waals surface area contributed by atoms with E-state index in [1.165, 1.54) is 0 Å². The van der Waals surface area contributed by atoms with E-state index in [4.69, 9.17) is 12.6 Å². The molecular formula is C8H10I5N2O6V2. The molecule has 0 radical (unpaired) electrons. The van der Waals surface area contributed by atoms with Crippen LogP contribution < -0.4 is 5.32 Å². The fourth-order valence-corrected chi connectivity index (χ4v) is 0.336. The molecule has 1 amide bonds. The summed E-state index contributed by atoms with van der Waals surface area (Å²) in [6.45, 7) is 4.72. The number of rotatable bonds is 2. The number of ether oxygens (including phenoxy) is 1. The fraction of sp³-hybridized carbons (Fsp3) is 0.125. The van der Waals surface area contributed by atoms with Gasteiger partial charge >= 0.3 is 126 Å². The number of halogens is 5. The molecule has 0 aromatic carbocycles. The summed E-state index contributed by atoms with van der Waals surface area (Å²) in [7, 11) is 0.628. The van der Waals surface area contributed by atoms with Gasteiger partial charge in [-0.15, -0.1) is 0 Å². The van der Waals surface area contributed by atoms with Gasteiger partial charge in [-0.3, -0.25) is 9.59 Å². The van der Waals surface area contributed by atoms with E-state index in [2.05, 4.69) is 116 Å². The Morgan fingerprint density at radius 3 is 2.04 bits per heavy atom. The third-order valence-corrected chi connectivity index (χ3v) is 0.866. The average Bonchev–Trinajstić information content (AvgIpc) is 2.76. The number of esters is 1. The Balaban J connectivity index is -0.000000122. The maximum atomic E-state index is 10.2. The first-order valence-electron chi connectivity index (χ1n) is 5.39. The van der Waals surface area contributed by atoms with Crippen LogP contribution in [0.1, 0.15) is 2.74 Å². The summed E-state index contributed by atoms with van der Waals surface area (Å²) in [5.41, 5.74) is -0.00463. The Bertz CT molecular complexity index is 444. The zero-order valence-corrected chi connectivity index (χ0v) is 24.4. The maximum absolute atomic E-state index is 10.2. The van der Waals surface area contributed by atoms with E-state index in [1.807, 2.05) is 6.79 Å². The van der Waals surface area contributed by atoms with Crippen molar-refractivity contribution < 1.29 is 46.1 Å². The predicted octanol–water partition coefficient (Wildman–Crippen LogP) is 3.14. The summed E-state index contributed by atoms with van der Waals surface area (Å²) >= 11 is 12.1. The monoisotopic (exact) mass is 968 g/mol. The van der Waals surface area contributed by atoms with Crippen LogP contribution in [-0.4, -0.2) is 43.1 Å². The van der Waals surface area contributed by atoms with Crippen LogP contribution in [0.2, 0.25) is 0 Å². The van der Waals surface area contributed by atoms with Crippen LogP contribution in [-0.2, 0) is 38.3 Å². The molecule has 2 N–H and O–H groups in total. The molecule has 0 saturated heterocycles. The number of aliphatic imine (C=N–C) groups is 1. The SMILES string of the molecule is C=O.[2H]C(=O)NCC(=O)O.[2H]C1=NC(=C)C(=O)O1.[I][V]([I])[I].[I][V][I]. The number of carboxylic acid groups (broad SMARTS) is 1. The van der Waals surface area contributed by atoms with E-state index in [9.17, 15) is 14.4 Å². The minimum atomic E-state index is -1.15. The molecule has 133 valence electrons. The summed E-state index contributed by atoms with van der Waals surface area (Å²) in [5.74, 6) is -1.78. The van der Waals surface area contributed by atoms with Crippen LogP contribution in [0, 0.1) is 0 Å². The van der Waals surface area contributed by atoms with Gasteiger partial charge in [-0.2, -0.15) is 0 Å². The van der Waals surface area contributed by atoms with Gasteiger partial charge in [0.25, 0.3) is 0 Å². The number of hydrogen-bond acceptors (Lipinski definition) is 6. The number of aliphatic carboxylic acids is 1. The van der Waals surface area contributed by atoms with Gasteiger partial charge in [-0.25, -0.2) is 9.79 Å². The zero-order valence-electron chi connectivity index (χ0n) is 12.8. The number of amides is 1. The third-order valence-electron chi connectivity index (χ3n) is 0.866. The van der Waals surface area contributed by atoms with E-state index in [-0.39, 0.29) is 17.0 Å². The number of cyclic esters (lactones) is 1. The molecule has 0 spiro atoms. The Kier molecular flexibility index (Phi) is 34.8. The quantitative estimate of drug-likeness (QED) is 0.190. The second-order valence-corrected chi connectivity index (χ2v) is 49.3. The second kappa shape index (κ2) is 29.1. The summed E-state index contributed by atoms with van der Waals surface area (Å²) in [6, 6.07) is 0. The van der Waals surface area contributed by atoms with Gasteiger partial charge in [-0.1, -0.05) is 6.58 Å². The molecule has 1 aliphatic rings. The van der Waals surface area contributed by atoms with Crippen LogP contribution in [0.15, 0.2) is 17.3 Å². The van der Waals surface area contributed by atoms with Crippen molar-refractivity contribution in [2.24, 2.45) is 4.99 Å². The van der Waals surface area contributed by atoms with Gasteiger partial charge in [-0.05, 0) is 0 Å². The predicted molar refractivity (Wildman–Crippen MR) is 123 cm³/mol. The van der Waals surface area contributed by atoms with Crippen molar-refractivity contribution in [3.63, 3.8) is 0 Å². The Hall–Kier alpha value is 2.31. The summed E-state index contributed by atoms with van der Waals surface area (Å²) in [5, 5.41) is 9.64. The molecule has 0 aromatic rings. The van der Waals surface area contributed by atoms with E-state index < -0.39 is 24.9 Å². The Morgan fingerprint density at radius 2 is 1.96 bits per heavy atom. The molecule has 0 aromatic heterocycles. The topological polar surface area (TPSA) is 122 Å². The zero-order chi connectivity index (χ0) is 21.0. The fourth-order valence-electron chi connectivity index (χ4n) is 0.336. The minimum absolute atomic E-state index is 0.00463. The van der Waals surface area contributed by atoms with Crippen molar-refractivity contribution in [1.82, 2.24) is 5.32 Å². The average molecular weight is 969 g/mol. The van der Waals surface area contributed by atoms with E-state index in [1.54, 1.807) is 5.32 Å². The van der Waals surface area contributed by atoms with Crippen molar-refractivity contribution in [2.75, 3.05) is 6.54 Å². The molecule has 23 heavy (non-hydrogen) atoms. The van der Waals surface area contributed by atoms with Crippen LogP contribution >= 0.6 is 99.9 Å². The van der Waals surface area contributed by atoms with Crippen molar-refractivity contribution in [3.8, 4) is 0 Å². The Morgan fingerprint density at radius 1 is 1.57 bits per heavy atom. The van der Waals surface area contributed by atoms with Gasteiger partial charge in [0.05, 0.1) is 0 Å². The first-order valence-corrected chi connectivity index (χ1v) is 26.9. The van der Waals surface area contributed by atoms with Gasteiger partial charge in [0.15, 0.2) is 6.38 Å². The molecule has 0 unspecified atom stereocenters. The molecule has 0 bridgehead atoms. The van der Waals surface area contributed by atoms with Crippen LogP contribution in [0.3, 0.4) is 0 Å². The number of carboxylic acids is 1. The molecule has 0 fully saturated rings. The molecule has 1 heterocycles. The van der Waals surface area contributed by atoms with Crippen LogP contribution in [0.5, 0.6) is 0 Å². The van der Waals surface area contributed by atoms with Crippen molar-refractivity contribution in [3.05, 3.63) is 12.3 Å². The standard InChI is InChI=1S/C4H3NO2.C3H5NO3.CH2O.5HI.2V/c1-3-4(6)7-2-5-3;5-2-4-1-3(6)7;1-2;;;;;;;/h2H,1H2;2H,1H2,(H,4,5)(H,6,7);1H2;5*1H;;/q;;;;;;;;+2;+3/p-5/i2*2D;;;;;;;;. The van der Waals surface area contributed by atoms with Crippen LogP contribution in [0.4, 0.5) is 0 Å². The molecule has 0 atom stereocenters. The van der Waals surface area contributed by atoms with E-state index in [0.717, 1.165) is 0 Å². The molecule has 0 aliphatic carbocycles. The van der Waals surface area contributed by atoms with E-state index >= 15 is 0 Å². The normalized spacial score (nSPS) is 11.7. The molecule has 1 aliphatic heterocycles. The third kappa shape index (κ3) is 45.5. The number of nitrogens with one attached hydrogen (secondary N) is 1. The Labute approximate surface area is 202 Å². The number of carbonyl (C=O) groups excluding carboxylic acids is 3. The summed E-state index contributed by atoms with van der Waals surface area (Å²) in [4.78, 5) is 40.5. The van der Waals surface area contributed by atoms with Gasteiger partial charge < -0.3 is 20.0 Å². The second-order valence-electron chi connectivity index (χ2n) is 2.14. The molecule has 8 nitrogen and oxygen atoms in total. The molecule has 0 saturated carbocycles. The van der Waals surface area contributed by atoms with Gasteiger partial charge in [0, 0.05) is 0 Å². The molecule has 15 heteroatoms. The van der Waals surface area contributed by atoms with Crippen LogP contribution in [0.25, 0.3) is 0 Å². The number of hydrogen-bond donors (Lipinski definition) is 2. The van der Waals surface area contributed by atoms with Crippen molar-refractivity contribution in [2.45, 2.75) is 0 Å².